The molecule has 0 aromatic heterocycles. The largest absolute Gasteiger partial charge is 0.466 e. The second-order valence-corrected chi connectivity index (χ2v) is 5.71. The Morgan fingerprint density at radius 1 is 1.21 bits per heavy atom. The van der Waals surface area contributed by atoms with Crippen molar-refractivity contribution in [3.05, 3.63) is 0 Å². The van der Waals surface area contributed by atoms with E-state index in [9.17, 15) is 4.79 Å². The number of rotatable bonds is 10. The lowest BCUT2D eigenvalue weighted by Gasteiger charge is -2.33. The zero-order valence-corrected chi connectivity index (χ0v) is 15.4. The number of hydrogen-bond donors (Lipinski definition) is 1. The van der Waals surface area contributed by atoms with Gasteiger partial charge >= 0.3 is 5.97 Å². The van der Waals surface area contributed by atoms with Crippen LogP contribution >= 0.6 is 0 Å². The van der Waals surface area contributed by atoms with E-state index >= 15 is 0 Å². The molecule has 0 aromatic rings. The Labute approximate surface area is 145 Å². The van der Waals surface area contributed by atoms with Gasteiger partial charge in [-0.25, -0.2) is 0 Å². The third kappa shape index (κ3) is 7.97. The Balaban J connectivity index is 2.34. The number of carbonyl (C=O) groups is 1. The number of hydrogen-bond acceptors (Lipinski definition) is 5. The Hall–Kier alpha value is -1.34. The highest BCUT2D eigenvalue weighted by atomic mass is 16.5. The van der Waals surface area contributed by atoms with Crippen molar-refractivity contribution in [1.29, 1.82) is 0 Å². The van der Waals surface area contributed by atoms with E-state index in [2.05, 4.69) is 22.1 Å². The summed E-state index contributed by atoms with van der Waals surface area (Å²) in [4.78, 5) is 18.7. The summed E-state index contributed by atoms with van der Waals surface area (Å²) >= 11 is 0. The lowest BCUT2D eigenvalue weighted by atomic mass is 9.97. The Morgan fingerprint density at radius 2 is 1.96 bits per heavy atom. The van der Waals surface area contributed by atoms with Crippen molar-refractivity contribution in [3.8, 4) is 0 Å². The van der Waals surface area contributed by atoms with Crippen LogP contribution in [-0.4, -0.2) is 76.5 Å². The van der Waals surface area contributed by atoms with E-state index in [0.29, 0.717) is 26.4 Å². The lowest BCUT2D eigenvalue weighted by Crippen LogP contribution is -2.46. The number of guanidine groups is 1. The first-order valence-electron chi connectivity index (χ1n) is 8.99. The van der Waals surface area contributed by atoms with Crippen LogP contribution in [0.2, 0.25) is 0 Å². The monoisotopic (exact) mass is 343 g/mol. The normalized spacial score (nSPS) is 16.3. The molecule has 1 fully saturated rings. The molecule has 0 aliphatic carbocycles. The minimum Gasteiger partial charge on any atom is -0.466 e. The SMILES string of the molecule is CCNC(=NCCCOCCOC)N1CCC(C(=O)OCC)CC1. The maximum absolute atomic E-state index is 11.8. The lowest BCUT2D eigenvalue weighted by molar-refractivity contribution is -0.149. The zero-order chi connectivity index (χ0) is 17.6. The fourth-order valence-corrected chi connectivity index (χ4v) is 2.61. The number of nitrogens with one attached hydrogen (secondary N) is 1. The predicted molar refractivity (Wildman–Crippen MR) is 94.2 cm³/mol. The molecule has 1 saturated heterocycles. The summed E-state index contributed by atoms with van der Waals surface area (Å²) in [6.07, 6.45) is 2.53. The van der Waals surface area contributed by atoms with Crippen LogP contribution in [0.25, 0.3) is 0 Å². The van der Waals surface area contributed by atoms with Gasteiger partial charge in [-0.15, -0.1) is 0 Å². The molecule has 0 atom stereocenters. The van der Waals surface area contributed by atoms with Gasteiger partial charge in [0, 0.05) is 39.9 Å². The molecule has 7 nitrogen and oxygen atoms in total. The van der Waals surface area contributed by atoms with Gasteiger partial charge in [0.05, 0.1) is 25.7 Å². The average molecular weight is 343 g/mol. The molecule has 1 N–H and O–H groups in total. The number of methoxy groups -OCH3 is 1. The number of ether oxygens (including phenoxy) is 3. The zero-order valence-electron chi connectivity index (χ0n) is 15.4. The molecular formula is C17H33N3O4. The van der Waals surface area contributed by atoms with Crippen LogP contribution in [0, 0.1) is 5.92 Å². The Bertz CT molecular complexity index is 369. The van der Waals surface area contributed by atoms with Gasteiger partial charge in [-0.2, -0.15) is 0 Å². The standard InChI is InChI=1S/C17H33N3O4/c1-4-18-17(19-9-6-12-23-14-13-22-3)20-10-7-15(8-11-20)16(21)24-5-2/h15H,4-14H2,1-3H3,(H,18,19). The van der Waals surface area contributed by atoms with Gasteiger partial charge in [0.15, 0.2) is 5.96 Å². The Morgan fingerprint density at radius 3 is 2.58 bits per heavy atom. The van der Waals surface area contributed by atoms with E-state index < -0.39 is 0 Å². The van der Waals surface area contributed by atoms with Crippen LogP contribution in [0.3, 0.4) is 0 Å². The minimum absolute atomic E-state index is 0.0262. The van der Waals surface area contributed by atoms with E-state index in [1.54, 1.807) is 7.11 Å². The molecule has 0 aromatic carbocycles. The van der Waals surface area contributed by atoms with Crippen LogP contribution in [-0.2, 0) is 19.0 Å². The number of piperidine rings is 1. The minimum atomic E-state index is -0.0627. The van der Waals surface area contributed by atoms with Gasteiger partial charge in [0.2, 0.25) is 0 Å². The number of esters is 1. The van der Waals surface area contributed by atoms with Crippen LogP contribution in [0.15, 0.2) is 4.99 Å². The van der Waals surface area contributed by atoms with Crippen LogP contribution in [0.4, 0.5) is 0 Å². The topological polar surface area (TPSA) is 72.4 Å². The van der Waals surface area contributed by atoms with Gasteiger partial charge in [-0.1, -0.05) is 0 Å². The molecule has 1 aliphatic rings. The van der Waals surface area contributed by atoms with Gasteiger partial charge in [0.1, 0.15) is 0 Å². The van der Waals surface area contributed by atoms with Gasteiger partial charge in [-0.05, 0) is 33.1 Å². The summed E-state index contributed by atoms with van der Waals surface area (Å²) in [6, 6.07) is 0. The first-order valence-corrected chi connectivity index (χ1v) is 8.99. The summed E-state index contributed by atoms with van der Waals surface area (Å²) in [5, 5.41) is 3.33. The van der Waals surface area contributed by atoms with Crippen molar-refractivity contribution in [1.82, 2.24) is 10.2 Å². The van der Waals surface area contributed by atoms with E-state index in [1.807, 2.05) is 6.92 Å². The maximum atomic E-state index is 11.8. The second kappa shape index (κ2) is 13.0. The number of likely N-dealkylation sites (tertiary alicyclic amines) is 1. The first kappa shape index (κ1) is 20.7. The Kier molecular flexibility index (Phi) is 11.2. The van der Waals surface area contributed by atoms with Gasteiger partial charge in [0.25, 0.3) is 0 Å². The number of carbonyl (C=O) groups excluding carboxylic acids is 1. The molecule has 1 aliphatic heterocycles. The second-order valence-electron chi connectivity index (χ2n) is 5.71. The summed E-state index contributed by atoms with van der Waals surface area (Å²) < 4.78 is 15.5. The number of aliphatic imine (C=N–C) groups is 1. The summed E-state index contributed by atoms with van der Waals surface area (Å²) in [7, 11) is 1.67. The van der Waals surface area contributed by atoms with E-state index in [0.717, 1.165) is 51.4 Å². The van der Waals surface area contributed by atoms with E-state index in [4.69, 9.17) is 14.2 Å². The third-order valence-corrected chi connectivity index (χ3v) is 3.89. The fourth-order valence-electron chi connectivity index (χ4n) is 2.61. The van der Waals surface area contributed by atoms with Crippen molar-refractivity contribution in [2.24, 2.45) is 10.9 Å². The highest BCUT2D eigenvalue weighted by molar-refractivity contribution is 5.80. The first-order chi connectivity index (χ1) is 11.7. The summed E-state index contributed by atoms with van der Waals surface area (Å²) in [6.45, 7) is 9.54. The molecule has 0 spiro atoms. The molecule has 1 rings (SSSR count). The fraction of sp³-hybridized carbons (Fsp3) is 0.882. The third-order valence-electron chi connectivity index (χ3n) is 3.89. The quantitative estimate of drug-likeness (QED) is 0.279. The van der Waals surface area contributed by atoms with Crippen molar-refractivity contribution in [2.75, 3.05) is 59.7 Å². The molecule has 0 radical (unpaired) electrons. The molecule has 24 heavy (non-hydrogen) atoms. The average Bonchev–Trinajstić information content (AvgIpc) is 2.60. The van der Waals surface area contributed by atoms with Gasteiger partial charge in [-0.3, -0.25) is 9.79 Å². The molecule has 0 bridgehead atoms. The predicted octanol–water partition coefficient (Wildman–Crippen LogP) is 1.28. The van der Waals surface area contributed by atoms with E-state index in [1.165, 1.54) is 0 Å². The van der Waals surface area contributed by atoms with Crippen molar-refractivity contribution in [2.45, 2.75) is 33.1 Å². The molecule has 0 amide bonds. The highest BCUT2D eigenvalue weighted by Crippen LogP contribution is 2.18. The van der Waals surface area contributed by atoms with Crippen LogP contribution < -0.4 is 5.32 Å². The number of nitrogens with zero attached hydrogens (tertiary/aromatic N) is 2. The molecule has 1 heterocycles. The van der Waals surface area contributed by atoms with Crippen molar-refractivity contribution in [3.63, 3.8) is 0 Å². The van der Waals surface area contributed by atoms with Crippen molar-refractivity contribution < 1.29 is 19.0 Å². The van der Waals surface area contributed by atoms with Crippen LogP contribution in [0.1, 0.15) is 33.1 Å². The van der Waals surface area contributed by atoms with Gasteiger partial charge < -0.3 is 24.4 Å². The molecule has 140 valence electrons. The summed E-state index contributed by atoms with van der Waals surface area (Å²) in [5.41, 5.74) is 0. The molecule has 7 heteroatoms. The summed E-state index contributed by atoms with van der Waals surface area (Å²) in [5.74, 6) is 0.891. The smallest absolute Gasteiger partial charge is 0.309 e. The van der Waals surface area contributed by atoms with E-state index in [-0.39, 0.29) is 11.9 Å². The van der Waals surface area contributed by atoms with Crippen LogP contribution in [0.5, 0.6) is 0 Å². The highest BCUT2D eigenvalue weighted by Gasteiger charge is 2.27. The molecular weight excluding hydrogens is 310 g/mol. The molecule has 0 unspecified atom stereocenters. The van der Waals surface area contributed by atoms with Crippen molar-refractivity contribution >= 4 is 11.9 Å². The maximum Gasteiger partial charge on any atom is 0.309 e. The molecule has 0 saturated carbocycles.